The quantitative estimate of drug-likeness (QED) is 0.824. The zero-order valence-corrected chi connectivity index (χ0v) is 12.9. The van der Waals surface area contributed by atoms with Crippen molar-refractivity contribution in [2.75, 3.05) is 6.54 Å². The van der Waals surface area contributed by atoms with Gasteiger partial charge >= 0.3 is 0 Å². The van der Waals surface area contributed by atoms with Gasteiger partial charge in [-0.25, -0.2) is 4.39 Å². The summed E-state index contributed by atoms with van der Waals surface area (Å²) in [5.74, 6) is -0.298. The number of nitrogens with one attached hydrogen (secondary N) is 1. The number of hydrogen-bond donors (Lipinski definition) is 1. The zero-order valence-electron chi connectivity index (χ0n) is 11.4. The maximum atomic E-state index is 13.6. The molecular formula is C16H16Cl2FN. The monoisotopic (exact) mass is 311 g/mol. The Balaban J connectivity index is 2.54. The first-order valence-electron chi connectivity index (χ1n) is 6.48. The summed E-state index contributed by atoms with van der Waals surface area (Å²) < 4.78 is 13.6. The molecule has 0 aliphatic carbocycles. The van der Waals surface area contributed by atoms with Crippen molar-refractivity contribution in [3.8, 4) is 0 Å². The van der Waals surface area contributed by atoms with Crippen LogP contribution in [0.1, 0.15) is 29.7 Å². The highest BCUT2D eigenvalue weighted by atomic mass is 35.5. The van der Waals surface area contributed by atoms with Crippen molar-refractivity contribution in [3.05, 3.63) is 69.0 Å². The van der Waals surface area contributed by atoms with Crippen LogP contribution in [-0.2, 0) is 0 Å². The third-order valence-corrected chi connectivity index (χ3v) is 3.88. The van der Waals surface area contributed by atoms with Crippen molar-refractivity contribution in [2.45, 2.75) is 19.9 Å². The molecule has 0 spiro atoms. The summed E-state index contributed by atoms with van der Waals surface area (Å²) in [6, 6.07) is 10.6. The second-order valence-electron chi connectivity index (χ2n) is 4.64. The molecular weight excluding hydrogens is 296 g/mol. The number of halogens is 3. The van der Waals surface area contributed by atoms with Crippen molar-refractivity contribution >= 4 is 23.2 Å². The van der Waals surface area contributed by atoms with E-state index in [4.69, 9.17) is 23.2 Å². The van der Waals surface area contributed by atoms with Crippen LogP contribution in [0.2, 0.25) is 10.0 Å². The summed E-state index contributed by atoms with van der Waals surface area (Å²) in [5.41, 5.74) is 2.34. The third-order valence-electron chi connectivity index (χ3n) is 3.21. The van der Waals surface area contributed by atoms with Crippen LogP contribution in [0.4, 0.5) is 4.39 Å². The summed E-state index contributed by atoms with van der Waals surface area (Å²) in [7, 11) is 0. The summed E-state index contributed by atoms with van der Waals surface area (Å²) in [4.78, 5) is 0. The molecule has 106 valence electrons. The van der Waals surface area contributed by atoms with Crippen molar-refractivity contribution in [1.82, 2.24) is 5.32 Å². The Kier molecular flexibility index (Phi) is 5.03. The Morgan fingerprint density at radius 2 is 1.80 bits per heavy atom. The maximum Gasteiger partial charge on any atom is 0.127 e. The van der Waals surface area contributed by atoms with Gasteiger partial charge in [0.2, 0.25) is 0 Å². The molecule has 0 amide bonds. The average molecular weight is 312 g/mol. The molecule has 0 aliphatic heterocycles. The average Bonchev–Trinajstić information content (AvgIpc) is 2.42. The highest BCUT2D eigenvalue weighted by molar-refractivity contribution is 6.32. The summed E-state index contributed by atoms with van der Waals surface area (Å²) in [6.45, 7) is 4.49. The highest BCUT2D eigenvalue weighted by Gasteiger charge is 2.19. The van der Waals surface area contributed by atoms with Gasteiger partial charge in [-0.2, -0.15) is 0 Å². The molecule has 4 heteroatoms. The molecule has 2 aromatic rings. The fraction of sp³-hybridized carbons (Fsp3) is 0.250. The van der Waals surface area contributed by atoms with Crippen molar-refractivity contribution in [1.29, 1.82) is 0 Å². The molecule has 0 radical (unpaired) electrons. The number of aryl methyl sites for hydroxylation is 1. The van der Waals surface area contributed by atoms with Gasteiger partial charge in [-0.15, -0.1) is 0 Å². The van der Waals surface area contributed by atoms with Crippen LogP contribution in [0, 0.1) is 12.7 Å². The van der Waals surface area contributed by atoms with E-state index < -0.39 is 0 Å². The number of hydrogen-bond acceptors (Lipinski definition) is 1. The minimum atomic E-state index is -0.298. The van der Waals surface area contributed by atoms with Gasteiger partial charge in [0.25, 0.3) is 0 Å². The van der Waals surface area contributed by atoms with Gasteiger partial charge in [0, 0.05) is 10.0 Å². The minimum absolute atomic E-state index is 0.152. The first kappa shape index (κ1) is 15.3. The van der Waals surface area contributed by atoms with Crippen molar-refractivity contribution in [3.63, 3.8) is 0 Å². The predicted octanol–water partition coefficient (Wildman–Crippen LogP) is 5.14. The van der Waals surface area contributed by atoms with E-state index in [0.717, 1.165) is 17.7 Å². The highest BCUT2D eigenvalue weighted by Crippen LogP contribution is 2.33. The lowest BCUT2D eigenvalue weighted by molar-refractivity contribution is 0.606. The first-order chi connectivity index (χ1) is 9.54. The van der Waals surface area contributed by atoms with E-state index in [2.05, 4.69) is 5.32 Å². The SMILES string of the molecule is CCNC(c1ccccc1Cl)c1cc(C)c(F)cc1Cl. The van der Waals surface area contributed by atoms with Crippen LogP contribution >= 0.6 is 23.2 Å². The molecule has 2 rings (SSSR count). The normalized spacial score (nSPS) is 12.4. The van der Waals surface area contributed by atoms with E-state index in [1.54, 1.807) is 13.0 Å². The fourth-order valence-electron chi connectivity index (χ4n) is 2.20. The minimum Gasteiger partial charge on any atom is -0.306 e. The van der Waals surface area contributed by atoms with Gasteiger partial charge in [-0.3, -0.25) is 0 Å². The van der Waals surface area contributed by atoms with E-state index >= 15 is 0 Å². The van der Waals surface area contributed by atoms with Crippen LogP contribution in [-0.4, -0.2) is 6.54 Å². The van der Waals surface area contributed by atoms with Gasteiger partial charge in [-0.05, 0) is 48.4 Å². The number of benzene rings is 2. The first-order valence-corrected chi connectivity index (χ1v) is 7.23. The summed E-state index contributed by atoms with van der Waals surface area (Å²) in [6.07, 6.45) is 0. The Morgan fingerprint density at radius 3 is 2.45 bits per heavy atom. The zero-order chi connectivity index (χ0) is 14.7. The second kappa shape index (κ2) is 6.57. The molecule has 1 unspecified atom stereocenters. The molecule has 0 saturated heterocycles. The van der Waals surface area contributed by atoms with Crippen LogP contribution < -0.4 is 5.32 Å². The molecule has 2 aromatic carbocycles. The van der Waals surface area contributed by atoms with Gasteiger partial charge in [0.15, 0.2) is 0 Å². The standard InChI is InChI=1S/C16H16Cl2FN/c1-3-20-16(11-6-4-5-7-13(11)17)12-8-10(2)15(19)9-14(12)18/h4-9,16,20H,3H2,1-2H3. The largest absolute Gasteiger partial charge is 0.306 e. The Labute approximate surface area is 128 Å². The summed E-state index contributed by atoms with van der Waals surface area (Å²) in [5, 5.41) is 4.42. The molecule has 0 bridgehead atoms. The van der Waals surface area contributed by atoms with Gasteiger partial charge in [0.1, 0.15) is 5.82 Å². The molecule has 0 aromatic heterocycles. The fourth-order valence-corrected chi connectivity index (χ4v) is 2.71. The van der Waals surface area contributed by atoms with Crippen LogP contribution in [0.3, 0.4) is 0 Å². The van der Waals surface area contributed by atoms with Gasteiger partial charge in [0.05, 0.1) is 6.04 Å². The van der Waals surface area contributed by atoms with Gasteiger partial charge < -0.3 is 5.32 Å². The van der Waals surface area contributed by atoms with E-state index in [1.807, 2.05) is 31.2 Å². The Bertz CT molecular complexity index is 613. The Morgan fingerprint density at radius 1 is 1.10 bits per heavy atom. The third kappa shape index (κ3) is 3.14. The van der Waals surface area contributed by atoms with Crippen molar-refractivity contribution < 1.29 is 4.39 Å². The smallest absolute Gasteiger partial charge is 0.127 e. The molecule has 0 saturated carbocycles. The van der Waals surface area contributed by atoms with E-state index in [9.17, 15) is 4.39 Å². The maximum absolute atomic E-state index is 13.6. The molecule has 20 heavy (non-hydrogen) atoms. The van der Waals surface area contributed by atoms with E-state index in [1.165, 1.54) is 6.07 Å². The molecule has 0 heterocycles. The second-order valence-corrected chi connectivity index (χ2v) is 5.45. The molecule has 1 N–H and O–H groups in total. The van der Waals surface area contributed by atoms with Crippen LogP contribution in [0.25, 0.3) is 0 Å². The lowest BCUT2D eigenvalue weighted by Crippen LogP contribution is -2.23. The molecule has 0 fully saturated rings. The van der Waals surface area contributed by atoms with E-state index in [-0.39, 0.29) is 11.9 Å². The van der Waals surface area contributed by atoms with Gasteiger partial charge in [-0.1, -0.05) is 48.3 Å². The predicted molar refractivity (Wildman–Crippen MR) is 83.1 cm³/mol. The van der Waals surface area contributed by atoms with E-state index in [0.29, 0.717) is 15.6 Å². The number of rotatable bonds is 4. The lowest BCUT2D eigenvalue weighted by atomic mass is 9.97. The van der Waals surface area contributed by atoms with Crippen LogP contribution in [0.5, 0.6) is 0 Å². The van der Waals surface area contributed by atoms with Crippen LogP contribution in [0.15, 0.2) is 36.4 Å². The molecule has 1 nitrogen and oxygen atoms in total. The topological polar surface area (TPSA) is 12.0 Å². The summed E-state index contributed by atoms with van der Waals surface area (Å²) >= 11 is 12.5. The lowest BCUT2D eigenvalue weighted by Gasteiger charge is -2.22. The molecule has 1 atom stereocenters. The Hall–Kier alpha value is -1.09. The molecule has 0 aliphatic rings. The van der Waals surface area contributed by atoms with Crippen molar-refractivity contribution in [2.24, 2.45) is 0 Å².